The fraction of sp³-hybridized carbons (Fsp3) is 0.310. The van der Waals surface area contributed by atoms with Gasteiger partial charge in [0.05, 0.1) is 23.5 Å². The van der Waals surface area contributed by atoms with Gasteiger partial charge in [-0.25, -0.2) is 0 Å². The van der Waals surface area contributed by atoms with E-state index in [-0.39, 0.29) is 48.1 Å². The molecule has 0 unspecified atom stereocenters. The van der Waals surface area contributed by atoms with Crippen LogP contribution in [0.3, 0.4) is 0 Å². The highest BCUT2D eigenvalue weighted by molar-refractivity contribution is 7.86. The minimum Gasteiger partial charge on any atom is -0.508 e. The number of phenolic OH excluding ortho intramolecular Hbond substituents is 1. The highest BCUT2D eigenvalue weighted by Gasteiger charge is 2.44. The van der Waals surface area contributed by atoms with Gasteiger partial charge in [0.25, 0.3) is 26.1 Å². The van der Waals surface area contributed by atoms with Gasteiger partial charge in [0.1, 0.15) is 24.7 Å². The Labute approximate surface area is 425 Å². The maximum Gasteiger partial charge on any atom is 0.264 e. The van der Waals surface area contributed by atoms with Gasteiger partial charge in [0, 0.05) is 53.0 Å². The van der Waals surface area contributed by atoms with Crippen molar-refractivity contribution < 1.29 is 45.2 Å². The van der Waals surface area contributed by atoms with Crippen molar-refractivity contribution in [2.45, 2.75) is 77.6 Å². The minimum absolute atomic E-state index is 0.205. The van der Waals surface area contributed by atoms with E-state index >= 15 is 0 Å². The second-order valence-electron chi connectivity index (χ2n) is 19.2. The van der Waals surface area contributed by atoms with Crippen LogP contribution in [0.5, 0.6) is 11.5 Å². The van der Waals surface area contributed by atoms with E-state index < -0.39 is 25.7 Å². The van der Waals surface area contributed by atoms with Gasteiger partial charge in [-0.1, -0.05) is 112 Å². The molecule has 7 rings (SSSR count). The number of anilines is 1. The number of ether oxygens (including phenoxy) is 1. The summed E-state index contributed by atoms with van der Waals surface area (Å²) in [4.78, 5) is 15.8. The van der Waals surface area contributed by atoms with E-state index in [2.05, 4.69) is 79.8 Å². The Morgan fingerprint density at radius 1 is 0.694 bits per heavy atom. The number of nitrogens with one attached hydrogen (secondary N) is 1. The van der Waals surface area contributed by atoms with E-state index in [1.54, 1.807) is 18.2 Å². The third-order valence-electron chi connectivity index (χ3n) is 13.5. The Balaban J connectivity index is 1.04. The quantitative estimate of drug-likeness (QED) is 0.0172. The number of fused-ring (bicyclic) bond motifs is 2. The lowest BCUT2D eigenvalue weighted by Gasteiger charge is -2.27. The van der Waals surface area contributed by atoms with E-state index in [4.69, 9.17) is 4.74 Å². The predicted molar refractivity (Wildman–Crippen MR) is 289 cm³/mol. The van der Waals surface area contributed by atoms with Crippen molar-refractivity contribution in [3.8, 4) is 11.5 Å². The van der Waals surface area contributed by atoms with Crippen LogP contribution < -0.4 is 15.0 Å². The average Bonchev–Trinajstić information content (AvgIpc) is 3.69. The standard InChI is InChI=1S/C58H65N3O9S2/c1-6-48(42-19-9-7-10-20-42)55(43-25-30-46(62)31-26-43)44-27-32-47(33-28-44)70-38-35-59-56(63)45-29-34-52-50(41-45)58(4,5)54(61(52)37-16-18-40-72(67,68)69)24-12-8-11-23-53-57(2,3)49-21-13-14-22-51(49)60(53)36-15-17-39-71(64,65)66/h7-14,19-34,41H,6,15-18,35-40H2,1-5H3,(H3-,59,62,63,64,65,66,67,68,69)/p+1/b55-48+. The van der Waals surface area contributed by atoms with Crippen LogP contribution in [0.15, 0.2) is 157 Å². The first kappa shape index (κ1) is 53.2. The molecule has 5 aromatic carbocycles. The molecular formula is C58H66N3O9S2+. The fourth-order valence-corrected chi connectivity index (χ4v) is 11.0. The van der Waals surface area contributed by atoms with Gasteiger partial charge in [0.2, 0.25) is 5.69 Å². The average molecular weight is 1010 g/mol. The summed E-state index contributed by atoms with van der Waals surface area (Å²) < 4.78 is 72.9. The number of amides is 1. The van der Waals surface area contributed by atoms with Gasteiger partial charge in [-0.3, -0.25) is 13.9 Å². The summed E-state index contributed by atoms with van der Waals surface area (Å²) in [6.45, 7) is 12.3. The van der Waals surface area contributed by atoms with Gasteiger partial charge in [-0.15, -0.1) is 0 Å². The molecule has 72 heavy (non-hydrogen) atoms. The van der Waals surface area contributed by atoms with Crippen LogP contribution >= 0.6 is 0 Å². The third kappa shape index (κ3) is 12.9. The fourth-order valence-electron chi connectivity index (χ4n) is 9.87. The number of rotatable bonds is 22. The normalized spacial score (nSPS) is 16.1. The van der Waals surface area contributed by atoms with Crippen LogP contribution in [-0.4, -0.2) is 85.0 Å². The number of phenols is 1. The topological polar surface area (TPSA) is 174 Å². The summed E-state index contributed by atoms with van der Waals surface area (Å²) in [5.41, 5.74) is 11.1. The molecular weight excluding hydrogens is 947 g/mol. The number of allylic oxidation sites excluding steroid dienone is 7. The van der Waals surface area contributed by atoms with Crippen molar-refractivity contribution in [1.29, 1.82) is 0 Å². The number of aromatic hydroxyl groups is 1. The molecule has 0 saturated heterocycles. The van der Waals surface area contributed by atoms with Gasteiger partial charge >= 0.3 is 0 Å². The highest BCUT2D eigenvalue weighted by atomic mass is 32.2. The van der Waals surface area contributed by atoms with Crippen molar-refractivity contribution in [3.05, 3.63) is 191 Å². The molecule has 5 aromatic rings. The molecule has 0 radical (unpaired) electrons. The maximum absolute atomic E-state index is 13.7. The van der Waals surface area contributed by atoms with E-state index in [9.17, 15) is 35.8 Å². The van der Waals surface area contributed by atoms with Gasteiger partial charge in [-0.05, 0) is 121 Å². The number of para-hydroxylation sites is 1. The van der Waals surface area contributed by atoms with E-state index in [1.165, 1.54) is 11.1 Å². The number of carbonyl (C=O) groups is 1. The number of hydrogen-bond donors (Lipinski definition) is 4. The van der Waals surface area contributed by atoms with Crippen molar-refractivity contribution >= 4 is 54.4 Å². The van der Waals surface area contributed by atoms with Crippen molar-refractivity contribution in [2.24, 2.45) is 0 Å². The molecule has 0 bridgehead atoms. The summed E-state index contributed by atoms with van der Waals surface area (Å²) in [5.74, 6) is 0.00791. The largest absolute Gasteiger partial charge is 0.508 e. The molecule has 2 aliphatic heterocycles. The van der Waals surface area contributed by atoms with E-state index in [1.807, 2.05) is 103 Å². The maximum atomic E-state index is 13.7. The summed E-state index contributed by atoms with van der Waals surface area (Å²) in [7, 11) is -8.15. The summed E-state index contributed by atoms with van der Waals surface area (Å²) in [5, 5.41) is 13.0. The van der Waals surface area contributed by atoms with Crippen LogP contribution in [0.2, 0.25) is 0 Å². The lowest BCUT2D eigenvalue weighted by Crippen LogP contribution is -2.28. The molecule has 0 spiro atoms. The molecule has 12 nitrogen and oxygen atoms in total. The second kappa shape index (κ2) is 22.9. The summed E-state index contributed by atoms with van der Waals surface area (Å²) in [6, 6.07) is 39.3. The van der Waals surface area contributed by atoms with Crippen LogP contribution in [0, 0.1) is 0 Å². The molecule has 0 fully saturated rings. The summed E-state index contributed by atoms with van der Waals surface area (Å²) >= 11 is 0. The van der Waals surface area contributed by atoms with Crippen molar-refractivity contribution in [1.82, 2.24) is 5.32 Å². The smallest absolute Gasteiger partial charge is 0.264 e. The molecule has 4 N–H and O–H groups in total. The zero-order chi connectivity index (χ0) is 51.7. The Hall–Kier alpha value is -6.58. The van der Waals surface area contributed by atoms with E-state index in [0.29, 0.717) is 43.7 Å². The lowest BCUT2D eigenvalue weighted by molar-refractivity contribution is -0.438. The first-order valence-corrected chi connectivity index (χ1v) is 27.7. The Morgan fingerprint density at radius 2 is 1.32 bits per heavy atom. The molecule has 0 atom stereocenters. The number of carbonyl (C=O) groups excluding carboxylic acids is 1. The molecule has 14 heteroatoms. The van der Waals surface area contributed by atoms with Crippen molar-refractivity contribution in [3.63, 3.8) is 0 Å². The Kier molecular flexibility index (Phi) is 16.9. The number of nitrogens with zero attached hydrogens (tertiary/aromatic N) is 2. The Morgan fingerprint density at radius 3 is 1.99 bits per heavy atom. The second-order valence-corrected chi connectivity index (χ2v) is 22.4. The van der Waals surface area contributed by atoms with Gasteiger partial charge in [-0.2, -0.15) is 21.4 Å². The SMILES string of the molecule is CC/C(=C(/c1ccc(O)cc1)c1ccc(OCCNC(=O)c2ccc3c(c2)C(C)(C)C(=CC=CC=CC2=[N+](CCCCS(=O)(=O)O)c4ccccc4C2(C)C)N3CCCCS(=O)(=O)O)cc1)c1ccccc1. The molecule has 378 valence electrons. The highest BCUT2D eigenvalue weighted by Crippen LogP contribution is 2.48. The van der Waals surface area contributed by atoms with Crippen LogP contribution in [0.25, 0.3) is 11.1 Å². The van der Waals surface area contributed by atoms with Crippen LogP contribution in [-0.2, 0) is 31.1 Å². The predicted octanol–water partition coefficient (Wildman–Crippen LogP) is 11.1. The molecule has 0 aromatic heterocycles. The van der Waals surface area contributed by atoms with Crippen LogP contribution in [0.1, 0.15) is 105 Å². The third-order valence-corrected chi connectivity index (χ3v) is 15.1. The van der Waals surface area contributed by atoms with Crippen molar-refractivity contribution in [2.75, 3.05) is 42.6 Å². The van der Waals surface area contributed by atoms with E-state index in [0.717, 1.165) is 57.0 Å². The molecule has 0 aliphatic carbocycles. The van der Waals surface area contributed by atoms with Gasteiger partial charge < -0.3 is 20.1 Å². The zero-order valence-electron chi connectivity index (χ0n) is 41.7. The Bertz CT molecular complexity index is 3140. The molecule has 2 heterocycles. The number of hydrogen-bond acceptors (Lipinski definition) is 8. The monoisotopic (exact) mass is 1010 g/mol. The van der Waals surface area contributed by atoms with Crippen LogP contribution in [0.4, 0.5) is 11.4 Å². The zero-order valence-corrected chi connectivity index (χ0v) is 43.3. The lowest BCUT2D eigenvalue weighted by atomic mass is 9.81. The molecule has 0 saturated carbocycles. The van der Waals surface area contributed by atoms with Gasteiger partial charge in [0.15, 0.2) is 5.71 Å². The minimum atomic E-state index is -4.11. The molecule has 2 aliphatic rings. The number of benzene rings is 5. The first-order valence-electron chi connectivity index (χ1n) is 24.5. The molecule has 1 amide bonds. The summed E-state index contributed by atoms with van der Waals surface area (Å²) in [6.07, 6.45) is 12.5. The number of unbranched alkanes of at least 4 members (excludes halogenated alkanes) is 2. The first-order chi connectivity index (χ1) is 34.3.